The molecule has 0 fully saturated rings. The van der Waals surface area contributed by atoms with Gasteiger partial charge in [-0.05, 0) is 19.4 Å². The maximum Gasteiger partial charge on any atom is 0.189 e. The van der Waals surface area contributed by atoms with Gasteiger partial charge in [0.15, 0.2) is 5.96 Å². The SMILES string of the molecule is CCC(C)(CN=C(N)NC1CCOc2ccccc21)OC. The van der Waals surface area contributed by atoms with Crippen molar-refractivity contribution in [2.24, 2.45) is 10.7 Å². The molecule has 5 nitrogen and oxygen atoms in total. The quantitative estimate of drug-likeness (QED) is 0.645. The van der Waals surface area contributed by atoms with E-state index in [9.17, 15) is 0 Å². The van der Waals surface area contributed by atoms with E-state index < -0.39 is 0 Å². The Morgan fingerprint density at radius 1 is 1.52 bits per heavy atom. The molecule has 0 saturated carbocycles. The van der Waals surface area contributed by atoms with Crippen LogP contribution in [0.1, 0.15) is 38.3 Å². The highest BCUT2D eigenvalue weighted by atomic mass is 16.5. The third-order valence-electron chi connectivity index (χ3n) is 4.11. The lowest BCUT2D eigenvalue weighted by atomic mass is 10.0. The van der Waals surface area contributed by atoms with Gasteiger partial charge in [0.1, 0.15) is 5.75 Å². The van der Waals surface area contributed by atoms with Gasteiger partial charge in [0.05, 0.1) is 24.8 Å². The average molecular weight is 291 g/mol. The molecule has 0 saturated heterocycles. The van der Waals surface area contributed by atoms with Crippen LogP contribution in [0.2, 0.25) is 0 Å². The van der Waals surface area contributed by atoms with Crippen molar-refractivity contribution in [2.75, 3.05) is 20.3 Å². The first kappa shape index (κ1) is 15.6. The van der Waals surface area contributed by atoms with E-state index in [1.807, 2.05) is 25.1 Å². The van der Waals surface area contributed by atoms with E-state index in [0.717, 1.165) is 24.2 Å². The molecule has 3 N–H and O–H groups in total. The van der Waals surface area contributed by atoms with Crippen LogP contribution in [0.4, 0.5) is 0 Å². The number of fused-ring (bicyclic) bond motifs is 1. The normalized spacial score (nSPS) is 21.1. The molecule has 1 aliphatic heterocycles. The first-order valence-corrected chi connectivity index (χ1v) is 7.41. The maximum atomic E-state index is 6.02. The highest BCUT2D eigenvalue weighted by Crippen LogP contribution is 2.31. The second-order valence-electron chi connectivity index (χ2n) is 5.58. The standard InChI is InChI=1S/C16H25N3O2/c1-4-16(2,20-3)11-18-15(17)19-13-9-10-21-14-8-6-5-7-12(13)14/h5-8,13H,4,9-11H2,1-3H3,(H3,17,18,19). The fourth-order valence-electron chi connectivity index (χ4n) is 2.29. The van der Waals surface area contributed by atoms with E-state index in [1.165, 1.54) is 0 Å². The van der Waals surface area contributed by atoms with E-state index in [4.69, 9.17) is 15.2 Å². The Labute approximate surface area is 126 Å². The Hall–Kier alpha value is -1.75. The molecule has 0 spiro atoms. The van der Waals surface area contributed by atoms with E-state index >= 15 is 0 Å². The second kappa shape index (κ2) is 6.80. The van der Waals surface area contributed by atoms with Crippen molar-refractivity contribution in [2.45, 2.75) is 38.3 Å². The molecule has 1 aromatic rings. The zero-order chi connectivity index (χ0) is 15.3. The Morgan fingerprint density at radius 3 is 3.00 bits per heavy atom. The minimum absolute atomic E-state index is 0.147. The van der Waals surface area contributed by atoms with E-state index in [0.29, 0.717) is 19.1 Å². The molecule has 0 aromatic heterocycles. The summed E-state index contributed by atoms with van der Waals surface area (Å²) in [5.74, 6) is 1.37. The third kappa shape index (κ3) is 3.88. The van der Waals surface area contributed by atoms with Gasteiger partial charge in [0.25, 0.3) is 0 Å². The van der Waals surface area contributed by atoms with Crippen LogP contribution in [0.15, 0.2) is 29.3 Å². The fourth-order valence-corrected chi connectivity index (χ4v) is 2.29. The molecule has 0 aliphatic carbocycles. The van der Waals surface area contributed by atoms with E-state index in [-0.39, 0.29) is 11.6 Å². The smallest absolute Gasteiger partial charge is 0.189 e. The van der Waals surface area contributed by atoms with Crippen LogP contribution in [0, 0.1) is 0 Å². The number of benzene rings is 1. The number of nitrogens with one attached hydrogen (secondary N) is 1. The van der Waals surface area contributed by atoms with Crippen molar-refractivity contribution in [3.63, 3.8) is 0 Å². The van der Waals surface area contributed by atoms with Gasteiger partial charge in [-0.15, -0.1) is 0 Å². The number of ether oxygens (including phenoxy) is 2. The van der Waals surface area contributed by atoms with Crippen molar-refractivity contribution >= 4 is 5.96 Å². The van der Waals surface area contributed by atoms with Crippen molar-refractivity contribution in [1.82, 2.24) is 5.32 Å². The number of hydrogen-bond acceptors (Lipinski definition) is 3. The Bertz CT molecular complexity index is 498. The Morgan fingerprint density at radius 2 is 2.29 bits per heavy atom. The van der Waals surface area contributed by atoms with Crippen LogP contribution >= 0.6 is 0 Å². The zero-order valence-corrected chi connectivity index (χ0v) is 13.1. The lowest BCUT2D eigenvalue weighted by Crippen LogP contribution is -2.39. The molecule has 21 heavy (non-hydrogen) atoms. The number of nitrogens with zero attached hydrogens (tertiary/aromatic N) is 1. The molecule has 0 bridgehead atoms. The predicted molar refractivity (Wildman–Crippen MR) is 84.6 cm³/mol. The van der Waals surface area contributed by atoms with Gasteiger partial charge in [-0.3, -0.25) is 4.99 Å². The highest BCUT2D eigenvalue weighted by molar-refractivity contribution is 5.78. The fraction of sp³-hybridized carbons (Fsp3) is 0.562. The second-order valence-corrected chi connectivity index (χ2v) is 5.58. The van der Waals surface area contributed by atoms with Gasteiger partial charge in [0.2, 0.25) is 0 Å². The van der Waals surface area contributed by atoms with Gasteiger partial charge < -0.3 is 20.5 Å². The summed E-state index contributed by atoms with van der Waals surface area (Å²) in [6, 6.07) is 8.17. The lowest BCUT2D eigenvalue weighted by molar-refractivity contribution is 0.0112. The summed E-state index contributed by atoms with van der Waals surface area (Å²) in [5.41, 5.74) is 6.89. The first-order chi connectivity index (χ1) is 10.1. The van der Waals surface area contributed by atoms with Gasteiger partial charge in [-0.25, -0.2) is 0 Å². The maximum absolute atomic E-state index is 6.02. The molecule has 2 atom stereocenters. The molecule has 1 aromatic carbocycles. The predicted octanol–water partition coefficient (Wildman–Crippen LogP) is 2.23. The number of nitrogens with two attached hydrogens (primary N) is 1. The van der Waals surface area contributed by atoms with Gasteiger partial charge in [-0.2, -0.15) is 0 Å². The van der Waals surface area contributed by atoms with Crippen LogP contribution < -0.4 is 15.8 Å². The van der Waals surface area contributed by atoms with E-state index in [1.54, 1.807) is 7.11 Å². The lowest BCUT2D eigenvalue weighted by Gasteiger charge is -2.28. The van der Waals surface area contributed by atoms with Crippen molar-refractivity contribution in [1.29, 1.82) is 0 Å². The summed E-state index contributed by atoms with van der Waals surface area (Å²) in [6.07, 6.45) is 1.77. The minimum Gasteiger partial charge on any atom is -0.493 e. The molecule has 0 amide bonds. The molecule has 2 rings (SSSR count). The Kier molecular flexibility index (Phi) is 5.07. The number of hydrogen-bond donors (Lipinski definition) is 2. The van der Waals surface area contributed by atoms with Crippen molar-refractivity contribution in [3.05, 3.63) is 29.8 Å². The van der Waals surface area contributed by atoms with Crippen LogP contribution in [-0.4, -0.2) is 31.8 Å². The van der Waals surface area contributed by atoms with Gasteiger partial charge in [-0.1, -0.05) is 25.1 Å². The summed E-state index contributed by atoms with van der Waals surface area (Å²) < 4.78 is 11.1. The summed E-state index contributed by atoms with van der Waals surface area (Å²) in [6.45, 7) is 5.35. The first-order valence-electron chi connectivity index (χ1n) is 7.41. The third-order valence-corrected chi connectivity index (χ3v) is 4.11. The molecule has 5 heteroatoms. The topological polar surface area (TPSA) is 68.9 Å². The average Bonchev–Trinajstić information content (AvgIpc) is 2.53. The summed E-state index contributed by atoms with van der Waals surface area (Å²) >= 11 is 0. The van der Waals surface area contributed by atoms with Crippen molar-refractivity contribution < 1.29 is 9.47 Å². The summed E-state index contributed by atoms with van der Waals surface area (Å²) in [4.78, 5) is 4.42. The zero-order valence-electron chi connectivity index (χ0n) is 13.1. The van der Waals surface area contributed by atoms with E-state index in [2.05, 4.69) is 23.3 Å². The summed E-state index contributed by atoms with van der Waals surface area (Å²) in [5, 5.41) is 3.29. The molecular formula is C16H25N3O2. The van der Waals surface area contributed by atoms with Gasteiger partial charge >= 0.3 is 0 Å². The van der Waals surface area contributed by atoms with Crippen molar-refractivity contribution in [3.8, 4) is 5.75 Å². The summed E-state index contributed by atoms with van der Waals surface area (Å²) in [7, 11) is 1.71. The van der Waals surface area contributed by atoms with Gasteiger partial charge in [0, 0.05) is 19.1 Å². The number of rotatable bonds is 5. The van der Waals surface area contributed by atoms with Crippen LogP contribution in [0.5, 0.6) is 5.75 Å². The molecule has 116 valence electrons. The van der Waals surface area contributed by atoms with Crippen LogP contribution in [0.25, 0.3) is 0 Å². The number of para-hydroxylation sites is 1. The molecule has 1 aliphatic rings. The highest BCUT2D eigenvalue weighted by Gasteiger charge is 2.23. The number of guanidine groups is 1. The Balaban J connectivity index is 2.02. The van der Waals surface area contributed by atoms with Crippen LogP contribution in [0.3, 0.4) is 0 Å². The monoisotopic (exact) mass is 291 g/mol. The number of aliphatic imine (C=N–C) groups is 1. The molecule has 2 unspecified atom stereocenters. The van der Waals surface area contributed by atoms with Crippen LogP contribution in [-0.2, 0) is 4.74 Å². The largest absolute Gasteiger partial charge is 0.493 e. The molecule has 1 heterocycles. The minimum atomic E-state index is -0.264. The molecule has 0 radical (unpaired) electrons. The molecular weight excluding hydrogens is 266 g/mol. The number of methoxy groups -OCH3 is 1.